The summed E-state index contributed by atoms with van der Waals surface area (Å²) in [6, 6.07) is 6.67. The highest BCUT2D eigenvalue weighted by molar-refractivity contribution is 5.82. The molecule has 2 aliphatic carbocycles. The van der Waals surface area contributed by atoms with Gasteiger partial charge in [0.1, 0.15) is 11.5 Å². The fraction of sp³-hybridized carbons (Fsp3) is 0.524. The summed E-state index contributed by atoms with van der Waals surface area (Å²) in [5.74, 6) is -0.223. The molecule has 1 amide bonds. The lowest BCUT2D eigenvalue weighted by Crippen LogP contribution is -2.40. The Kier molecular flexibility index (Phi) is 4.20. The molecule has 26 heavy (non-hydrogen) atoms. The molecule has 0 bridgehead atoms. The van der Waals surface area contributed by atoms with Crippen LogP contribution < -0.4 is 5.32 Å². The smallest absolute Gasteiger partial charge is 0.225 e. The van der Waals surface area contributed by atoms with Gasteiger partial charge in [0.15, 0.2) is 0 Å². The molecule has 5 heteroatoms. The van der Waals surface area contributed by atoms with Crippen LogP contribution in [-0.4, -0.2) is 23.6 Å². The lowest BCUT2D eigenvalue weighted by atomic mass is 9.83. The van der Waals surface area contributed by atoms with E-state index in [1.807, 2.05) is 6.07 Å². The first-order valence-electron chi connectivity index (χ1n) is 9.36. The zero-order valence-electron chi connectivity index (χ0n) is 15.1. The number of nitrogens with one attached hydrogen (secondary N) is 1. The monoisotopic (exact) mass is 358 g/mol. The summed E-state index contributed by atoms with van der Waals surface area (Å²) in [7, 11) is 1.56. The number of nitrogens with zero attached hydrogens (tertiary/aromatic N) is 1. The Bertz CT molecular complexity index is 839. The Labute approximate surface area is 152 Å². The molecule has 0 spiro atoms. The maximum Gasteiger partial charge on any atom is 0.225 e. The van der Waals surface area contributed by atoms with Crippen LogP contribution >= 0.6 is 0 Å². The minimum absolute atomic E-state index is 0.223. The predicted octanol–water partition coefficient (Wildman–Crippen LogP) is 4.37. The molecular weight excluding hydrogens is 334 g/mol. The maximum absolute atomic E-state index is 15.4. The number of fused-ring (bicyclic) bond motifs is 2. The van der Waals surface area contributed by atoms with E-state index in [-0.39, 0.29) is 23.6 Å². The lowest BCUT2D eigenvalue weighted by molar-refractivity contribution is -0.129. The molecule has 1 aromatic carbocycles. The molecule has 0 saturated heterocycles. The molecule has 0 aliphatic heterocycles. The van der Waals surface area contributed by atoms with Gasteiger partial charge in [-0.25, -0.2) is 8.78 Å². The van der Waals surface area contributed by atoms with E-state index in [9.17, 15) is 9.18 Å². The first-order chi connectivity index (χ1) is 12.4. The fourth-order valence-electron chi connectivity index (χ4n) is 5.22. The highest BCUT2D eigenvalue weighted by Crippen LogP contribution is 2.57. The van der Waals surface area contributed by atoms with Crippen molar-refractivity contribution < 1.29 is 13.6 Å². The van der Waals surface area contributed by atoms with E-state index in [0.717, 1.165) is 29.3 Å². The van der Waals surface area contributed by atoms with Crippen LogP contribution in [0, 0.1) is 23.6 Å². The van der Waals surface area contributed by atoms with Gasteiger partial charge in [-0.2, -0.15) is 0 Å². The van der Waals surface area contributed by atoms with E-state index in [1.165, 1.54) is 6.07 Å². The molecule has 3 unspecified atom stereocenters. The van der Waals surface area contributed by atoms with E-state index in [4.69, 9.17) is 0 Å². The molecule has 0 radical (unpaired) electrons. The highest BCUT2D eigenvalue weighted by Gasteiger charge is 2.54. The quantitative estimate of drug-likeness (QED) is 0.885. The second-order valence-corrected chi connectivity index (χ2v) is 8.03. The predicted molar refractivity (Wildman–Crippen MR) is 97.0 cm³/mol. The number of aromatic nitrogens is 1. The summed E-state index contributed by atoms with van der Waals surface area (Å²) in [5, 5.41) is 3.43. The maximum atomic E-state index is 15.4. The van der Waals surface area contributed by atoms with Crippen molar-refractivity contribution in [2.45, 2.75) is 44.2 Å². The SMILES string of the molecule is CNC(=O)C(C)C1(F)CC2CC(c3ccnc4ccc(F)cc34)CC2C1. The number of carbonyl (C=O) groups is 1. The molecular formula is C21H24F2N2O. The first-order valence-corrected chi connectivity index (χ1v) is 9.36. The topological polar surface area (TPSA) is 42.0 Å². The van der Waals surface area contributed by atoms with E-state index >= 15 is 4.39 Å². The van der Waals surface area contributed by atoms with Gasteiger partial charge >= 0.3 is 0 Å². The Hall–Kier alpha value is -2.04. The summed E-state index contributed by atoms with van der Waals surface area (Å²) < 4.78 is 29.1. The number of alkyl halides is 1. The van der Waals surface area contributed by atoms with Gasteiger partial charge in [0.25, 0.3) is 0 Å². The number of amides is 1. The Balaban J connectivity index is 1.56. The minimum atomic E-state index is -1.41. The van der Waals surface area contributed by atoms with Gasteiger partial charge in [-0.05, 0) is 73.3 Å². The standard InChI is InChI=1S/C21H24F2N2O/c1-12(20(26)24-2)21(23)10-14-7-13(8-15(14)11-21)17-5-6-25-19-4-3-16(22)9-18(17)19/h3-6,9,12-15H,7-8,10-11H2,1-2H3,(H,24,26). The Morgan fingerprint density at radius 3 is 2.62 bits per heavy atom. The van der Waals surface area contributed by atoms with Gasteiger partial charge in [0.2, 0.25) is 5.91 Å². The first kappa shape index (κ1) is 17.4. The van der Waals surface area contributed by atoms with E-state index in [1.54, 1.807) is 32.3 Å². The number of hydrogen-bond donors (Lipinski definition) is 1. The van der Waals surface area contributed by atoms with Crippen molar-refractivity contribution >= 4 is 16.8 Å². The zero-order valence-corrected chi connectivity index (χ0v) is 15.1. The van der Waals surface area contributed by atoms with E-state index < -0.39 is 11.6 Å². The normalized spacial score (nSPS) is 31.8. The number of carbonyl (C=O) groups excluding carboxylic acids is 1. The second kappa shape index (κ2) is 6.29. The van der Waals surface area contributed by atoms with Crippen molar-refractivity contribution in [1.82, 2.24) is 10.3 Å². The van der Waals surface area contributed by atoms with Crippen LogP contribution in [0.5, 0.6) is 0 Å². The largest absolute Gasteiger partial charge is 0.359 e. The molecule has 3 nitrogen and oxygen atoms in total. The number of benzene rings is 1. The highest BCUT2D eigenvalue weighted by atomic mass is 19.1. The molecule has 3 atom stereocenters. The van der Waals surface area contributed by atoms with Gasteiger partial charge < -0.3 is 5.32 Å². The third kappa shape index (κ3) is 2.78. The molecule has 4 rings (SSSR count). The van der Waals surface area contributed by atoms with Crippen molar-refractivity contribution in [3.63, 3.8) is 0 Å². The van der Waals surface area contributed by atoms with Crippen LogP contribution in [0.15, 0.2) is 30.5 Å². The average Bonchev–Trinajstić information content (AvgIpc) is 3.15. The third-order valence-corrected chi connectivity index (χ3v) is 6.64. The van der Waals surface area contributed by atoms with Gasteiger partial charge in [-0.1, -0.05) is 6.92 Å². The second-order valence-electron chi connectivity index (χ2n) is 8.03. The summed E-state index contributed by atoms with van der Waals surface area (Å²) in [4.78, 5) is 16.2. The van der Waals surface area contributed by atoms with Gasteiger partial charge in [0, 0.05) is 18.6 Å². The van der Waals surface area contributed by atoms with Crippen LogP contribution in [0.2, 0.25) is 0 Å². The molecule has 2 aromatic rings. The van der Waals surface area contributed by atoms with E-state index in [0.29, 0.717) is 18.8 Å². The number of hydrogen-bond acceptors (Lipinski definition) is 2. The van der Waals surface area contributed by atoms with Crippen LogP contribution in [-0.2, 0) is 4.79 Å². The van der Waals surface area contributed by atoms with Crippen molar-refractivity contribution in [3.8, 4) is 0 Å². The van der Waals surface area contributed by atoms with Crippen LogP contribution in [0.4, 0.5) is 8.78 Å². The van der Waals surface area contributed by atoms with Gasteiger partial charge in [-0.15, -0.1) is 0 Å². The Morgan fingerprint density at radius 1 is 1.27 bits per heavy atom. The minimum Gasteiger partial charge on any atom is -0.359 e. The van der Waals surface area contributed by atoms with Crippen LogP contribution in [0.3, 0.4) is 0 Å². The van der Waals surface area contributed by atoms with Crippen LogP contribution in [0.1, 0.15) is 44.1 Å². The van der Waals surface area contributed by atoms with Crippen LogP contribution in [0.25, 0.3) is 10.9 Å². The molecule has 2 aliphatic rings. The summed E-state index contributed by atoms with van der Waals surface area (Å²) in [6.07, 6.45) is 4.45. The van der Waals surface area contributed by atoms with Crippen molar-refractivity contribution in [2.24, 2.45) is 17.8 Å². The third-order valence-electron chi connectivity index (χ3n) is 6.64. The van der Waals surface area contributed by atoms with Crippen molar-refractivity contribution in [2.75, 3.05) is 7.05 Å². The molecule has 1 N–H and O–H groups in total. The number of pyridine rings is 1. The van der Waals surface area contributed by atoms with Crippen molar-refractivity contribution in [1.29, 1.82) is 0 Å². The molecule has 1 heterocycles. The Morgan fingerprint density at radius 2 is 1.96 bits per heavy atom. The van der Waals surface area contributed by atoms with E-state index in [2.05, 4.69) is 10.3 Å². The lowest BCUT2D eigenvalue weighted by Gasteiger charge is -2.27. The fourth-order valence-corrected chi connectivity index (χ4v) is 5.22. The van der Waals surface area contributed by atoms with Gasteiger partial charge in [-0.3, -0.25) is 9.78 Å². The number of halogens is 2. The summed E-state index contributed by atoms with van der Waals surface area (Å²) in [6.45, 7) is 1.69. The zero-order chi connectivity index (χ0) is 18.5. The molecule has 138 valence electrons. The van der Waals surface area contributed by atoms with Crippen molar-refractivity contribution in [3.05, 3.63) is 41.8 Å². The average molecular weight is 358 g/mol. The van der Waals surface area contributed by atoms with Gasteiger partial charge in [0.05, 0.1) is 11.4 Å². The summed E-state index contributed by atoms with van der Waals surface area (Å²) >= 11 is 0. The number of rotatable bonds is 3. The molecule has 1 aromatic heterocycles. The summed E-state index contributed by atoms with van der Waals surface area (Å²) in [5.41, 5.74) is 0.508. The molecule has 2 saturated carbocycles. The molecule has 2 fully saturated rings.